The predicted octanol–water partition coefficient (Wildman–Crippen LogP) is 3.45. The summed E-state index contributed by atoms with van der Waals surface area (Å²) in [7, 11) is 0. The first-order chi connectivity index (χ1) is 16.3. The molecule has 0 bridgehead atoms. The van der Waals surface area contributed by atoms with Crippen molar-refractivity contribution in [2.45, 2.75) is 39.0 Å². The molecule has 0 saturated carbocycles. The van der Waals surface area contributed by atoms with Crippen LogP contribution in [0.4, 0.5) is 5.69 Å². The van der Waals surface area contributed by atoms with Crippen LogP contribution < -0.4 is 5.32 Å². The van der Waals surface area contributed by atoms with Gasteiger partial charge in [0.15, 0.2) is 0 Å². The Morgan fingerprint density at radius 1 is 1.15 bits per heavy atom. The molecule has 1 amide bonds. The Kier molecular flexibility index (Phi) is 8.22. The summed E-state index contributed by atoms with van der Waals surface area (Å²) < 4.78 is 6.81. The molecule has 1 heterocycles. The molecule has 1 N–H and O–H groups in total. The summed E-state index contributed by atoms with van der Waals surface area (Å²) in [6, 6.07) is 14.7. The third kappa shape index (κ3) is 7.09. The van der Waals surface area contributed by atoms with E-state index in [4.69, 9.17) is 4.74 Å². The van der Waals surface area contributed by atoms with E-state index in [0.29, 0.717) is 12.2 Å². The summed E-state index contributed by atoms with van der Waals surface area (Å²) in [6.45, 7) is 3.93. The maximum absolute atomic E-state index is 12.6. The molecule has 0 aliphatic heterocycles. The van der Waals surface area contributed by atoms with Crippen LogP contribution in [0.25, 0.3) is 6.08 Å². The number of hydrogen-bond donors (Lipinski definition) is 1. The number of hydrogen-bond acceptors (Lipinski definition) is 7. The molecule has 0 aliphatic rings. The van der Waals surface area contributed by atoms with Crippen molar-refractivity contribution in [3.8, 4) is 0 Å². The Balaban J connectivity index is 1.72. The van der Waals surface area contributed by atoms with Crippen LogP contribution in [0.5, 0.6) is 0 Å². The Bertz CT molecular complexity index is 1170. The van der Waals surface area contributed by atoms with Crippen LogP contribution in [0.3, 0.4) is 0 Å². The molecule has 0 fully saturated rings. The summed E-state index contributed by atoms with van der Waals surface area (Å²) in [5, 5.41) is 22.2. The van der Waals surface area contributed by atoms with Gasteiger partial charge in [-0.2, -0.15) is 0 Å². The van der Waals surface area contributed by atoms with Crippen molar-refractivity contribution in [1.82, 2.24) is 20.3 Å². The molecule has 34 heavy (non-hydrogen) atoms. The van der Waals surface area contributed by atoms with Gasteiger partial charge in [-0.05, 0) is 25.5 Å². The minimum atomic E-state index is -0.946. The normalized spacial score (nSPS) is 12.0. The van der Waals surface area contributed by atoms with E-state index in [1.165, 1.54) is 30.4 Å². The third-order valence-corrected chi connectivity index (χ3v) is 4.71. The number of nitro groups is 1. The smallest absolute Gasteiger partial charge is 0.308 e. The van der Waals surface area contributed by atoms with Crippen molar-refractivity contribution in [1.29, 1.82) is 0 Å². The van der Waals surface area contributed by atoms with E-state index < -0.39 is 22.8 Å². The number of benzene rings is 2. The van der Waals surface area contributed by atoms with Crippen molar-refractivity contribution < 1.29 is 19.2 Å². The molecule has 176 valence electrons. The van der Waals surface area contributed by atoms with Gasteiger partial charge in [-0.3, -0.25) is 19.7 Å². The number of ether oxygens (including phenoxy) is 1. The molecule has 1 unspecified atom stereocenters. The SMILES string of the molecule is CC(C)OC(=O)CC(NC(=O)/C=C/c1cn(Cc2ccccc2)nn1)c1ccccc1[N+](=O)[O-]. The number of nitrogens with zero attached hydrogens (tertiary/aromatic N) is 4. The van der Waals surface area contributed by atoms with Crippen molar-refractivity contribution in [3.63, 3.8) is 0 Å². The van der Waals surface area contributed by atoms with Crippen molar-refractivity contribution >= 4 is 23.6 Å². The quantitative estimate of drug-likeness (QED) is 0.211. The molecule has 3 aromatic rings. The molecule has 10 heteroatoms. The van der Waals surface area contributed by atoms with Crippen LogP contribution in [-0.2, 0) is 20.9 Å². The van der Waals surface area contributed by atoms with E-state index in [0.717, 1.165) is 5.56 Å². The van der Waals surface area contributed by atoms with Gasteiger partial charge in [0.25, 0.3) is 5.69 Å². The number of rotatable bonds is 10. The van der Waals surface area contributed by atoms with Crippen LogP contribution in [0.2, 0.25) is 0 Å². The Morgan fingerprint density at radius 3 is 2.56 bits per heavy atom. The highest BCUT2D eigenvalue weighted by atomic mass is 16.6. The summed E-state index contributed by atoms with van der Waals surface area (Å²) in [5.74, 6) is -1.12. The lowest BCUT2D eigenvalue weighted by Gasteiger charge is -2.18. The summed E-state index contributed by atoms with van der Waals surface area (Å²) in [4.78, 5) is 35.8. The zero-order valence-electron chi connectivity index (χ0n) is 18.8. The first-order valence-corrected chi connectivity index (χ1v) is 10.7. The average Bonchev–Trinajstić information content (AvgIpc) is 3.24. The monoisotopic (exact) mass is 463 g/mol. The summed E-state index contributed by atoms with van der Waals surface area (Å²) in [6.07, 6.45) is 3.80. The zero-order valence-corrected chi connectivity index (χ0v) is 18.8. The number of amides is 1. The van der Waals surface area contributed by atoms with Gasteiger partial charge in [0.2, 0.25) is 5.91 Å². The molecule has 0 saturated heterocycles. The second-order valence-electron chi connectivity index (χ2n) is 7.78. The summed E-state index contributed by atoms with van der Waals surface area (Å²) >= 11 is 0. The van der Waals surface area contributed by atoms with Gasteiger partial charge in [-0.1, -0.05) is 53.7 Å². The molecular formula is C24H25N5O5. The van der Waals surface area contributed by atoms with Crippen LogP contribution in [0.15, 0.2) is 66.9 Å². The van der Waals surface area contributed by atoms with E-state index in [2.05, 4.69) is 15.6 Å². The van der Waals surface area contributed by atoms with Gasteiger partial charge in [-0.15, -0.1) is 5.10 Å². The van der Waals surface area contributed by atoms with Crippen molar-refractivity contribution in [2.75, 3.05) is 0 Å². The fourth-order valence-electron chi connectivity index (χ4n) is 3.28. The Labute approximate surface area is 196 Å². The topological polar surface area (TPSA) is 129 Å². The van der Waals surface area contributed by atoms with Gasteiger partial charge < -0.3 is 10.1 Å². The Morgan fingerprint density at radius 2 is 1.85 bits per heavy atom. The summed E-state index contributed by atoms with van der Waals surface area (Å²) in [5.41, 5.74) is 1.54. The minimum Gasteiger partial charge on any atom is -0.463 e. The molecule has 1 aromatic heterocycles. The fraction of sp³-hybridized carbons (Fsp3) is 0.250. The van der Waals surface area contributed by atoms with E-state index in [-0.39, 0.29) is 23.8 Å². The van der Waals surface area contributed by atoms with Crippen molar-refractivity contribution in [3.05, 3.63) is 93.8 Å². The van der Waals surface area contributed by atoms with Gasteiger partial charge in [-0.25, -0.2) is 4.68 Å². The molecular weight excluding hydrogens is 438 g/mol. The number of nitro benzene ring substituents is 1. The van der Waals surface area contributed by atoms with Gasteiger partial charge in [0, 0.05) is 12.1 Å². The van der Waals surface area contributed by atoms with E-state index >= 15 is 0 Å². The standard InChI is InChI=1S/C24H25N5O5/c1-17(2)34-24(31)14-21(20-10-6-7-11-22(20)29(32)33)25-23(30)13-12-19-16-28(27-26-19)15-18-8-4-3-5-9-18/h3-13,16-17,21H,14-15H2,1-2H3,(H,25,30)/b13-12+. The van der Waals surface area contributed by atoms with E-state index in [1.54, 1.807) is 30.8 Å². The van der Waals surface area contributed by atoms with Crippen LogP contribution in [-0.4, -0.2) is 37.9 Å². The molecule has 2 aromatic carbocycles. The molecule has 0 radical (unpaired) electrons. The highest BCUT2D eigenvalue weighted by Gasteiger charge is 2.26. The lowest BCUT2D eigenvalue weighted by molar-refractivity contribution is -0.385. The van der Waals surface area contributed by atoms with Gasteiger partial charge in [0.1, 0.15) is 5.69 Å². The first kappa shape index (κ1) is 24.3. The van der Waals surface area contributed by atoms with Gasteiger partial charge >= 0.3 is 5.97 Å². The lowest BCUT2D eigenvalue weighted by Crippen LogP contribution is -2.30. The predicted molar refractivity (Wildman–Crippen MR) is 124 cm³/mol. The highest BCUT2D eigenvalue weighted by molar-refractivity contribution is 5.92. The number of carbonyl (C=O) groups excluding carboxylic acids is 2. The molecule has 3 rings (SSSR count). The molecule has 1 atom stereocenters. The molecule has 0 spiro atoms. The lowest BCUT2D eigenvalue weighted by atomic mass is 10.0. The van der Waals surface area contributed by atoms with Crippen LogP contribution in [0.1, 0.15) is 43.1 Å². The molecule has 0 aliphatic carbocycles. The highest BCUT2D eigenvalue weighted by Crippen LogP contribution is 2.27. The third-order valence-electron chi connectivity index (χ3n) is 4.71. The first-order valence-electron chi connectivity index (χ1n) is 10.7. The Hall–Kier alpha value is -4.34. The van der Waals surface area contributed by atoms with E-state index in [1.807, 2.05) is 30.3 Å². The maximum atomic E-state index is 12.6. The van der Waals surface area contributed by atoms with E-state index in [9.17, 15) is 19.7 Å². The zero-order chi connectivity index (χ0) is 24.5. The largest absolute Gasteiger partial charge is 0.463 e. The number of para-hydroxylation sites is 1. The average molecular weight is 463 g/mol. The minimum absolute atomic E-state index is 0.196. The fourth-order valence-corrected chi connectivity index (χ4v) is 3.28. The second kappa shape index (κ2) is 11.5. The maximum Gasteiger partial charge on any atom is 0.308 e. The second-order valence-corrected chi connectivity index (χ2v) is 7.78. The van der Waals surface area contributed by atoms with Crippen LogP contribution >= 0.6 is 0 Å². The number of aromatic nitrogens is 3. The number of esters is 1. The van der Waals surface area contributed by atoms with Crippen LogP contribution in [0, 0.1) is 10.1 Å². The number of carbonyl (C=O) groups is 2. The van der Waals surface area contributed by atoms with Crippen molar-refractivity contribution in [2.24, 2.45) is 0 Å². The number of nitrogens with one attached hydrogen (secondary N) is 1. The van der Waals surface area contributed by atoms with Gasteiger partial charge in [0.05, 0.1) is 41.8 Å². The molecule has 10 nitrogen and oxygen atoms in total.